The summed E-state index contributed by atoms with van der Waals surface area (Å²) in [6.45, 7) is 7.39. The molecule has 2 heterocycles. The number of hydrogen-bond donors (Lipinski definition) is 2. The fourth-order valence-electron chi connectivity index (χ4n) is 3.51. The van der Waals surface area contributed by atoms with E-state index in [4.69, 9.17) is 5.41 Å². The first kappa shape index (κ1) is 22.2. The maximum atomic E-state index is 13.3. The molecule has 3 rings (SSSR count). The molecule has 9 heteroatoms. The van der Waals surface area contributed by atoms with Crippen LogP contribution in [0.4, 0.5) is 10.2 Å². The van der Waals surface area contributed by atoms with Crippen molar-refractivity contribution in [1.29, 1.82) is 5.41 Å². The van der Waals surface area contributed by atoms with Crippen molar-refractivity contribution in [1.82, 2.24) is 19.6 Å². The van der Waals surface area contributed by atoms with Gasteiger partial charge >= 0.3 is 0 Å². The monoisotopic (exact) mass is 430 g/mol. The highest BCUT2D eigenvalue weighted by Gasteiger charge is 2.23. The molecular weight excluding hydrogens is 403 g/mol. The lowest BCUT2D eigenvalue weighted by atomic mass is 10.1. The molecule has 0 aliphatic carbocycles. The second-order valence-corrected chi connectivity index (χ2v) is 8.40. The minimum Gasteiger partial charge on any atom is -0.593 e. The summed E-state index contributed by atoms with van der Waals surface area (Å²) in [5.41, 5.74) is 3.69. The topological polar surface area (TPSA) is 91.2 Å². The number of benzene rings is 1. The summed E-state index contributed by atoms with van der Waals surface area (Å²) in [7, 11) is 0. The number of aromatic nitrogens is 2. The van der Waals surface area contributed by atoms with E-state index in [1.54, 1.807) is 37.7 Å². The van der Waals surface area contributed by atoms with Crippen LogP contribution >= 0.6 is 0 Å². The van der Waals surface area contributed by atoms with Gasteiger partial charge in [-0.2, -0.15) is 0 Å². The standard InChI is InChI=1S/C21H27FN6OS/c1-15(23)19(16(2)26-30(3)29)14-27-10-12-28(13-11-27)21-20(24-8-9-25-21)17-4-6-18(22)7-5-17/h4-9,23,26H,10-14H2,1-3H3/b19-16-,23-15?. The van der Waals surface area contributed by atoms with E-state index in [0.29, 0.717) is 12.3 Å². The van der Waals surface area contributed by atoms with E-state index in [-0.39, 0.29) is 5.82 Å². The first-order valence-electron chi connectivity index (χ1n) is 9.74. The third-order valence-electron chi connectivity index (χ3n) is 5.05. The lowest BCUT2D eigenvalue weighted by Crippen LogP contribution is -2.48. The van der Waals surface area contributed by atoms with E-state index >= 15 is 0 Å². The van der Waals surface area contributed by atoms with E-state index < -0.39 is 11.4 Å². The van der Waals surface area contributed by atoms with Crippen LogP contribution in [0.2, 0.25) is 0 Å². The molecule has 1 aliphatic rings. The van der Waals surface area contributed by atoms with Crippen LogP contribution in [-0.2, 0) is 11.4 Å². The SMILES string of the molecule is CC(=N)/C(CN1CCN(c2nccnc2-c2ccc(F)cc2)CC1)=C(/C)N[S+](C)[O-]. The van der Waals surface area contributed by atoms with Crippen molar-refractivity contribution in [2.75, 3.05) is 43.9 Å². The minimum absolute atomic E-state index is 0.278. The quantitative estimate of drug-likeness (QED) is 0.518. The van der Waals surface area contributed by atoms with Gasteiger partial charge in [0.25, 0.3) is 0 Å². The zero-order valence-corrected chi connectivity index (χ0v) is 18.3. The molecule has 1 unspecified atom stereocenters. The van der Waals surface area contributed by atoms with E-state index in [2.05, 4.69) is 24.5 Å². The van der Waals surface area contributed by atoms with Crippen LogP contribution in [0.25, 0.3) is 11.3 Å². The molecule has 2 aromatic rings. The Kier molecular flexibility index (Phi) is 7.41. The molecule has 0 amide bonds. The molecule has 0 radical (unpaired) electrons. The molecule has 7 nitrogen and oxygen atoms in total. The molecule has 1 fully saturated rings. The largest absolute Gasteiger partial charge is 0.593 e. The number of hydrogen-bond acceptors (Lipinski definition) is 7. The molecule has 160 valence electrons. The Morgan fingerprint density at radius 1 is 1.13 bits per heavy atom. The zero-order valence-electron chi connectivity index (χ0n) is 17.5. The van der Waals surface area contributed by atoms with Crippen LogP contribution < -0.4 is 9.62 Å². The highest BCUT2D eigenvalue weighted by atomic mass is 32.2. The molecule has 1 aromatic heterocycles. The van der Waals surface area contributed by atoms with Gasteiger partial charge in [-0.05, 0) is 38.1 Å². The summed E-state index contributed by atoms with van der Waals surface area (Å²) < 4.78 is 27.7. The maximum absolute atomic E-state index is 13.3. The van der Waals surface area contributed by atoms with Crippen molar-refractivity contribution in [2.24, 2.45) is 0 Å². The van der Waals surface area contributed by atoms with Gasteiger partial charge in [0, 0.05) is 62.0 Å². The van der Waals surface area contributed by atoms with E-state index in [9.17, 15) is 8.94 Å². The van der Waals surface area contributed by atoms with Crippen LogP contribution in [-0.4, -0.2) is 64.1 Å². The summed E-state index contributed by atoms with van der Waals surface area (Å²) in [4.78, 5) is 13.5. The van der Waals surface area contributed by atoms with Gasteiger partial charge in [0.05, 0.1) is 17.1 Å². The molecule has 1 atom stereocenters. The number of nitrogens with zero attached hydrogens (tertiary/aromatic N) is 4. The van der Waals surface area contributed by atoms with Crippen molar-refractivity contribution in [2.45, 2.75) is 13.8 Å². The van der Waals surface area contributed by atoms with E-state index in [1.165, 1.54) is 12.1 Å². The molecule has 1 aromatic carbocycles. The number of halogens is 1. The molecule has 2 N–H and O–H groups in total. The lowest BCUT2D eigenvalue weighted by Gasteiger charge is -2.36. The highest BCUT2D eigenvalue weighted by molar-refractivity contribution is 7.88. The average molecular weight is 431 g/mol. The van der Waals surface area contributed by atoms with E-state index in [1.807, 2.05) is 6.92 Å². The molecule has 0 bridgehead atoms. The van der Waals surface area contributed by atoms with Crippen LogP contribution in [0.5, 0.6) is 0 Å². The number of piperazine rings is 1. The normalized spacial score (nSPS) is 16.8. The first-order chi connectivity index (χ1) is 14.3. The summed E-state index contributed by atoms with van der Waals surface area (Å²) >= 11 is -1.16. The number of rotatable bonds is 7. The fraction of sp³-hybridized carbons (Fsp3) is 0.381. The number of allylic oxidation sites excluding steroid dienone is 1. The van der Waals surface area contributed by atoms with Gasteiger partial charge in [0.1, 0.15) is 17.8 Å². The first-order valence-corrected chi connectivity index (χ1v) is 11.3. The highest BCUT2D eigenvalue weighted by Crippen LogP contribution is 2.27. The summed E-state index contributed by atoms with van der Waals surface area (Å²) in [5, 5.41) is 8.08. The van der Waals surface area contributed by atoms with Crippen LogP contribution in [0.1, 0.15) is 13.8 Å². The van der Waals surface area contributed by atoms with Crippen LogP contribution in [0, 0.1) is 11.2 Å². The Bertz CT molecular complexity index is 910. The average Bonchev–Trinajstić information content (AvgIpc) is 2.72. The predicted molar refractivity (Wildman–Crippen MR) is 119 cm³/mol. The zero-order chi connectivity index (χ0) is 21.7. The lowest BCUT2D eigenvalue weighted by molar-refractivity contribution is 0.279. The van der Waals surface area contributed by atoms with Gasteiger partial charge in [-0.25, -0.2) is 14.1 Å². The van der Waals surface area contributed by atoms with Gasteiger partial charge in [0.2, 0.25) is 0 Å². The van der Waals surface area contributed by atoms with Gasteiger partial charge in [0.15, 0.2) is 5.82 Å². The van der Waals surface area contributed by atoms with Crippen molar-refractivity contribution < 1.29 is 8.94 Å². The molecule has 0 saturated carbocycles. The van der Waals surface area contributed by atoms with Crippen molar-refractivity contribution in [3.05, 3.63) is 53.7 Å². The van der Waals surface area contributed by atoms with Crippen molar-refractivity contribution in [3.8, 4) is 11.3 Å². The van der Waals surface area contributed by atoms with Crippen LogP contribution in [0.3, 0.4) is 0 Å². The summed E-state index contributed by atoms with van der Waals surface area (Å²) in [6.07, 6.45) is 4.91. The van der Waals surface area contributed by atoms with Crippen molar-refractivity contribution >= 4 is 22.9 Å². The third kappa shape index (κ3) is 5.56. The van der Waals surface area contributed by atoms with Gasteiger partial charge in [-0.1, -0.05) is 0 Å². The maximum Gasteiger partial charge on any atom is 0.155 e. The molecular formula is C21H27FN6OS. The Balaban J connectivity index is 1.70. The van der Waals surface area contributed by atoms with Gasteiger partial charge in [-0.15, -0.1) is 0 Å². The smallest absolute Gasteiger partial charge is 0.155 e. The molecule has 0 spiro atoms. The minimum atomic E-state index is -1.16. The fourth-order valence-corrected chi connectivity index (χ4v) is 4.06. The molecule has 30 heavy (non-hydrogen) atoms. The van der Waals surface area contributed by atoms with E-state index in [0.717, 1.165) is 54.5 Å². The molecule has 1 saturated heterocycles. The van der Waals surface area contributed by atoms with Gasteiger partial charge in [-0.3, -0.25) is 9.88 Å². The second kappa shape index (κ2) is 10.0. The Hall–Kier alpha value is -2.49. The third-order valence-corrected chi connectivity index (χ3v) is 5.65. The Morgan fingerprint density at radius 3 is 2.37 bits per heavy atom. The van der Waals surface area contributed by atoms with Crippen LogP contribution in [0.15, 0.2) is 47.9 Å². The van der Waals surface area contributed by atoms with Gasteiger partial charge < -0.3 is 14.9 Å². The molecule has 1 aliphatic heterocycles. The second-order valence-electron chi connectivity index (χ2n) is 7.28. The Morgan fingerprint density at radius 2 is 1.77 bits per heavy atom. The number of nitrogens with one attached hydrogen (secondary N) is 2. The summed E-state index contributed by atoms with van der Waals surface area (Å²) in [6, 6.07) is 6.30. The predicted octanol–water partition coefficient (Wildman–Crippen LogP) is 2.60. The van der Waals surface area contributed by atoms with Crippen molar-refractivity contribution in [3.63, 3.8) is 0 Å². The number of anilines is 1. The Labute approximate surface area is 179 Å². The summed E-state index contributed by atoms with van der Waals surface area (Å²) in [5.74, 6) is 0.516.